The molecule has 0 spiro atoms. The first kappa shape index (κ1) is 20.0. The second-order valence-electron chi connectivity index (χ2n) is 7.97. The van der Waals surface area contributed by atoms with Crippen LogP contribution in [0.3, 0.4) is 0 Å². The van der Waals surface area contributed by atoms with E-state index in [1.807, 2.05) is 53.2 Å². The lowest BCUT2D eigenvalue weighted by molar-refractivity contribution is 0.0963. The highest BCUT2D eigenvalue weighted by Gasteiger charge is 2.40. The predicted molar refractivity (Wildman–Crippen MR) is 123 cm³/mol. The molecule has 0 bridgehead atoms. The molecule has 5 rings (SSSR count). The van der Waals surface area contributed by atoms with Crippen molar-refractivity contribution in [3.8, 4) is 5.75 Å². The Balaban J connectivity index is 1.67. The van der Waals surface area contributed by atoms with E-state index in [1.54, 1.807) is 12.0 Å². The summed E-state index contributed by atoms with van der Waals surface area (Å²) in [5.41, 5.74) is 3.88. The van der Waals surface area contributed by atoms with Gasteiger partial charge in [-0.15, -0.1) is 0 Å². The third kappa shape index (κ3) is 3.43. The monoisotopic (exact) mass is 424 g/mol. The number of anilines is 1. The summed E-state index contributed by atoms with van der Waals surface area (Å²) in [5, 5.41) is 4.51. The molecule has 160 valence electrons. The van der Waals surface area contributed by atoms with E-state index in [1.165, 1.54) is 11.9 Å². The van der Waals surface area contributed by atoms with Gasteiger partial charge >= 0.3 is 0 Å². The number of nitrogens with zero attached hydrogens (tertiary/aromatic N) is 4. The molecule has 1 aliphatic rings. The predicted octanol–water partition coefficient (Wildman–Crippen LogP) is 4.98. The van der Waals surface area contributed by atoms with E-state index in [2.05, 4.69) is 47.3 Å². The highest BCUT2D eigenvalue weighted by molar-refractivity contribution is 6.05. The van der Waals surface area contributed by atoms with Crippen LogP contribution in [0.2, 0.25) is 0 Å². The van der Waals surface area contributed by atoms with Crippen LogP contribution in [-0.2, 0) is 0 Å². The first-order chi connectivity index (χ1) is 15.7. The molecule has 4 aromatic rings. The molecule has 6 heteroatoms. The summed E-state index contributed by atoms with van der Waals surface area (Å²) in [7, 11) is 1.67. The Labute approximate surface area is 187 Å². The third-order valence-corrected chi connectivity index (χ3v) is 6.02. The molecular formula is C26H24N4O2. The van der Waals surface area contributed by atoms with Gasteiger partial charge in [-0.05, 0) is 37.1 Å². The van der Waals surface area contributed by atoms with Gasteiger partial charge in [0.05, 0.1) is 19.2 Å². The maximum Gasteiger partial charge on any atom is 0.261 e. The van der Waals surface area contributed by atoms with Crippen LogP contribution in [0.15, 0.2) is 85.2 Å². The molecule has 0 radical (unpaired) electrons. The summed E-state index contributed by atoms with van der Waals surface area (Å²) in [4.78, 5) is 20.0. The van der Waals surface area contributed by atoms with Gasteiger partial charge in [-0.2, -0.15) is 10.1 Å². The Morgan fingerprint density at radius 3 is 2.41 bits per heavy atom. The van der Waals surface area contributed by atoms with Gasteiger partial charge in [0.2, 0.25) is 5.95 Å². The topological polar surface area (TPSA) is 60.2 Å². The fourth-order valence-electron chi connectivity index (χ4n) is 4.42. The van der Waals surface area contributed by atoms with E-state index in [-0.39, 0.29) is 18.0 Å². The van der Waals surface area contributed by atoms with Crippen molar-refractivity contribution in [2.45, 2.75) is 25.4 Å². The van der Waals surface area contributed by atoms with Crippen LogP contribution in [0.25, 0.3) is 0 Å². The zero-order valence-corrected chi connectivity index (χ0v) is 18.1. The van der Waals surface area contributed by atoms with Crippen molar-refractivity contribution in [1.29, 1.82) is 0 Å². The number of methoxy groups -OCH3 is 1. The Kier molecular flexibility index (Phi) is 5.19. The van der Waals surface area contributed by atoms with E-state index in [0.717, 1.165) is 16.9 Å². The molecular weight excluding hydrogens is 400 g/mol. The number of carbonyl (C=O) groups excluding carboxylic acids is 1. The van der Waals surface area contributed by atoms with E-state index < -0.39 is 0 Å². The van der Waals surface area contributed by atoms with E-state index in [4.69, 9.17) is 4.74 Å². The van der Waals surface area contributed by atoms with E-state index in [0.29, 0.717) is 17.9 Å². The molecule has 0 saturated carbocycles. The molecule has 1 amide bonds. The molecule has 0 fully saturated rings. The molecule has 2 heterocycles. The van der Waals surface area contributed by atoms with Crippen molar-refractivity contribution in [3.63, 3.8) is 0 Å². The van der Waals surface area contributed by atoms with Crippen LogP contribution < -0.4 is 9.64 Å². The number of para-hydroxylation sites is 1. The molecule has 2 unspecified atom stereocenters. The summed E-state index contributed by atoms with van der Waals surface area (Å²) >= 11 is 0. The van der Waals surface area contributed by atoms with Crippen molar-refractivity contribution < 1.29 is 9.53 Å². The van der Waals surface area contributed by atoms with Gasteiger partial charge in [0.25, 0.3) is 5.91 Å². The molecule has 32 heavy (non-hydrogen) atoms. The summed E-state index contributed by atoms with van der Waals surface area (Å²) < 4.78 is 7.49. The molecule has 0 aliphatic carbocycles. The zero-order chi connectivity index (χ0) is 22.1. The fourth-order valence-corrected chi connectivity index (χ4v) is 4.42. The zero-order valence-electron chi connectivity index (χ0n) is 18.1. The number of aryl methyl sites for hydroxylation is 1. The molecule has 1 aliphatic heterocycles. The van der Waals surface area contributed by atoms with Crippen molar-refractivity contribution in [2.75, 3.05) is 12.0 Å². The highest BCUT2D eigenvalue weighted by atomic mass is 16.5. The molecule has 3 aromatic carbocycles. The Morgan fingerprint density at radius 2 is 1.66 bits per heavy atom. The summed E-state index contributed by atoms with van der Waals surface area (Å²) in [6, 6.07) is 25.3. The largest absolute Gasteiger partial charge is 0.496 e. The van der Waals surface area contributed by atoms with Crippen LogP contribution in [0.1, 0.15) is 45.6 Å². The van der Waals surface area contributed by atoms with Gasteiger partial charge in [0.1, 0.15) is 12.1 Å². The van der Waals surface area contributed by atoms with Gasteiger partial charge in [-0.1, -0.05) is 66.2 Å². The Morgan fingerprint density at radius 1 is 0.938 bits per heavy atom. The SMILES string of the molecule is COc1ccccc1C1CC(c2ccc(C)cc2)N(C(=O)c2ccccc2)c2ncnn21. The van der Waals surface area contributed by atoms with Crippen molar-refractivity contribution >= 4 is 11.9 Å². The van der Waals surface area contributed by atoms with Gasteiger partial charge in [0.15, 0.2) is 0 Å². The van der Waals surface area contributed by atoms with Gasteiger partial charge in [-0.25, -0.2) is 4.68 Å². The number of fused-ring (bicyclic) bond motifs is 1. The normalized spacial score (nSPS) is 17.6. The number of benzene rings is 3. The van der Waals surface area contributed by atoms with Gasteiger partial charge < -0.3 is 4.74 Å². The van der Waals surface area contributed by atoms with Crippen LogP contribution in [0.5, 0.6) is 5.75 Å². The van der Waals surface area contributed by atoms with Crippen molar-refractivity contribution in [2.24, 2.45) is 0 Å². The summed E-state index contributed by atoms with van der Waals surface area (Å²) in [6.45, 7) is 2.06. The first-order valence-corrected chi connectivity index (χ1v) is 10.6. The molecule has 0 saturated heterocycles. The summed E-state index contributed by atoms with van der Waals surface area (Å²) in [6.07, 6.45) is 2.17. The van der Waals surface area contributed by atoms with Crippen molar-refractivity contribution in [3.05, 3.63) is 107 Å². The molecule has 2 atom stereocenters. The number of hydrogen-bond donors (Lipinski definition) is 0. The second kappa shape index (κ2) is 8.30. The standard InChI is InChI=1S/C26H24N4O2/c1-18-12-14-19(15-13-18)22-16-23(21-10-6-7-11-24(21)32-2)30-26(27-17-28-30)29(22)25(31)20-8-4-3-5-9-20/h3-15,17,22-23H,16H2,1-2H3. The number of aromatic nitrogens is 3. The second-order valence-corrected chi connectivity index (χ2v) is 7.97. The lowest BCUT2D eigenvalue weighted by Gasteiger charge is -2.39. The summed E-state index contributed by atoms with van der Waals surface area (Å²) in [5.74, 6) is 1.24. The minimum absolute atomic E-state index is 0.0936. The first-order valence-electron chi connectivity index (χ1n) is 10.6. The smallest absolute Gasteiger partial charge is 0.261 e. The molecule has 1 aromatic heterocycles. The number of amides is 1. The van der Waals surface area contributed by atoms with Crippen LogP contribution in [0.4, 0.5) is 5.95 Å². The number of carbonyl (C=O) groups is 1. The van der Waals surface area contributed by atoms with E-state index >= 15 is 0 Å². The minimum atomic E-state index is -0.199. The van der Waals surface area contributed by atoms with Crippen LogP contribution in [0, 0.1) is 6.92 Å². The molecule has 0 N–H and O–H groups in total. The fraction of sp³-hybridized carbons (Fsp3) is 0.192. The molecule has 6 nitrogen and oxygen atoms in total. The lowest BCUT2D eigenvalue weighted by Crippen LogP contribution is -2.42. The Bertz CT molecular complexity index is 1230. The van der Waals surface area contributed by atoms with Gasteiger partial charge in [-0.3, -0.25) is 9.69 Å². The highest BCUT2D eigenvalue weighted by Crippen LogP contribution is 2.44. The average molecular weight is 425 g/mol. The maximum atomic E-state index is 13.7. The number of ether oxygens (including phenoxy) is 1. The average Bonchev–Trinajstić information content (AvgIpc) is 3.33. The van der Waals surface area contributed by atoms with Crippen molar-refractivity contribution in [1.82, 2.24) is 14.8 Å². The third-order valence-electron chi connectivity index (χ3n) is 6.02. The van der Waals surface area contributed by atoms with Crippen LogP contribution >= 0.6 is 0 Å². The van der Waals surface area contributed by atoms with E-state index in [9.17, 15) is 4.79 Å². The van der Waals surface area contributed by atoms with Crippen LogP contribution in [-0.4, -0.2) is 27.8 Å². The maximum absolute atomic E-state index is 13.7. The van der Waals surface area contributed by atoms with Gasteiger partial charge in [0, 0.05) is 11.1 Å². The number of rotatable bonds is 4. The quantitative estimate of drug-likeness (QED) is 0.464. The lowest BCUT2D eigenvalue weighted by atomic mass is 9.90. The minimum Gasteiger partial charge on any atom is -0.496 e. The number of hydrogen-bond acceptors (Lipinski definition) is 4. The Hall–Kier alpha value is -3.93.